The molecule has 0 bridgehead atoms. The Balaban J connectivity index is 1.59. The Morgan fingerprint density at radius 1 is 1.17 bits per heavy atom. The van der Waals surface area contributed by atoms with Crippen LogP contribution in [0, 0.1) is 11.3 Å². The lowest BCUT2D eigenvalue weighted by atomic mass is 10.0. The molecule has 1 aliphatic rings. The lowest BCUT2D eigenvalue weighted by Gasteiger charge is -2.36. The van der Waals surface area contributed by atoms with Crippen molar-refractivity contribution in [1.29, 1.82) is 5.26 Å². The van der Waals surface area contributed by atoms with Crippen LogP contribution in [0.15, 0.2) is 48.7 Å². The predicted molar refractivity (Wildman–Crippen MR) is 91.9 cm³/mol. The standard InChI is InChI=1S/C19H22N4/c20-12-17-9-10-19(21-13-17)22-14-18-8-4-5-11-23(18)15-16-6-2-1-3-7-16/h1-3,6-7,9-10,13,18H,4-5,8,11,14-15H2,(H,21,22). The van der Waals surface area contributed by atoms with Crippen LogP contribution in [0.2, 0.25) is 0 Å². The van der Waals surface area contributed by atoms with Gasteiger partial charge in [0.05, 0.1) is 5.56 Å². The van der Waals surface area contributed by atoms with E-state index in [2.05, 4.69) is 51.6 Å². The first-order valence-corrected chi connectivity index (χ1v) is 8.23. The maximum Gasteiger partial charge on any atom is 0.126 e. The fraction of sp³-hybridized carbons (Fsp3) is 0.368. The number of pyridine rings is 1. The molecule has 1 aromatic carbocycles. The summed E-state index contributed by atoms with van der Waals surface area (Å²) < 4.78 is 0. The number of rotatable bonds is 5. The molecule has 1 aliphatic heterocycles. The second-order valence-corrected chi connectivity index (χ2v) is 6.03. The first kappa shape index (κ1) is 15.5. The van der Waals surface area contributed by atoms with Crippen molar-refractivity contribution in [2.24, 2.45) is 0 Å². The number of nitriles is 1. The molecule has 1 unspecified atom stereocenters. The molecule has 0 amide bonds. The minimum absolute atomic E-state index is 0.529. The Bertz CT molecular complexity index is 645. The van der Waals surface area contributed by atoms with Gasteiger partial charge in [-0.15, -0.1) is 0 Å². The van der Waals surface area contributed by atoms with Crippen LogP contribution in [0.1, 0.15) is 30.4 Å². The maximum atomic E-state index is 8.82. The van der Waals surface area contributed by atoms with Crippen molar-refractivity contribution < 1.29 is 0 Å². The maximum absolute atomic E-state index is 8.82. The van der Waals surface area contributed by atoms with Gasteiger partial charge in [0.25, 0.3) is 0 Å². The van der Waals surface area contributed by atoms with E-state index in [0.717, 1.165) is 25.5 Å². The van der Waals surface area contributed by atoms with E-state index in [0.29, 0.717) is 11.6 Å². The van der Waals surface area contributed by atoms with Gasteiger partial charge in [-0.1, -0.05) is 36.8 Å². The third kappa shape index (κ3) is 4.30. The average molecular weight is 306 g/mol. The topological polar surface area (TPSA) is 52.0 Å². The molecule has 1 saturated heterocycles. The summed E-state index contributed by atoms with van der Waals surface area (Å²) in [7, 11) is 0. The van der Waals surface area contributed by atoms with Crippen LogP contribution in [0.25, 0.3) is 0 Å². The van der Waals surface area contributed by atoms with Gasteiger partial charge in [-0.3, -0.25) is 4.90 Å². The summed E-state index contributed by atoms with van der Waals surface area (Å²) in [5, 5.41) is 12.2. The molecule has 0 aliphatic carbocycles. The van der Waals surface area contributed by atoms with Gasteiger partial charge >= 0.3 is 0 Å². The first-order chi connectivity index (χ1) is 11.3. The van der Waals surface area contributed by atoms with E-state index in [1.165, 1.54) is 24.8 Å². The first-order valence-electron chi connectivity index (χ1n) is 8.23. The summed E-state index contributed by atoms with van der Waals surface area (Å²) in [4.78, 5) is 6.86. The van der Waals surface area contributed by atoms with Crippen molar-refractivity contribution in [2.45, 2.75) is 31.8 Å². The fourth-order valence-electron chi connectivity index (χ4n) is 3.10. The molecule has 0 spiro atoms. The molecule has 0 radical (unpaired) electrons. The molecule has 1 N–H and O–H groups in total. The summed E-state index contributed by atoms with van der Waals surface area (Å²) in [6.07, 6.45) is 5.40. The molecular weight excluding hydrogens is 284 g/mol. The van der Waals surface area contributed by atoms with Crippen molar-refractivity contribution in [3.8, 4) is 6.07 Å². The van der Waals surface area contributed by atoms with Gasteiger partial charge in [-0.2, -0.15) is 5.26 Å². The number of anilines is 1. The van der Waals surface area contributed by atoms with E-state index in [4.69, 9.17) is 5.26 Å². The molecule has 1 atom stereocenters. The van der Waals surface area contributed by atoms with Crippen molar-refractivity contribution in [1.82, 2.24) is 9.88 Å². The van der Waals surface area contributed by atoms with E-state index in [1.807, 2.05) is 6.07 Å². The van der Waals surface area contributed by atoms with Crippen LogP contribution in [-0.2, 0) is 6.54 Å². The molecule has 118 valence electrons. The highest BCUT2D eigenvalue weighted by atomic mass is 15.2. The Morgan fingerprint density at radius 2 is 2.04 bits per heavy atom. The second-order valence-electron chi connectivity index (χ2n) is 6.03. The highest BCUT2D eigenvalue weighted by Crippen LogP contribution is 2.20. The molecule has 2 heterocycles. The van der Waals surface area contributed by atoms with E-state index in [-0.39, 0.29) is 0 Å². The lowest BCUT2D eigenvalue weighted by Crippen LogP contribution is -2.43. The zero-order chi connectivity index (χ0) is 15.9. The second kappa shape index (κ2) is 7.75. The van der Waals surface area contributed by atoms with Gasteiger partial charge in [0.2, 0.25) is 0 Å². The van der Waals surface area contributed by atoms with E-state index < -0.39 is 0 Å². The fourth-order valence-corrected chi connectivity index (χ4v) is 3.10. The van der Waals surface area contributed by atoms with Crippen molar-refractivity contribution in [3.63, 3.8) is 0 Å². The summed E-state index contributed by atoms with van der Waals surface area (Å²) >= 11 is 0. The number of benzene rings is 1. The molecule has 1 aromatic heterocycles. The highest BCUT2D eigenvalue weighted by molar-refractivity contribution is 5.39. The predicted octanol–water partition coefficient (Wildman–Crippen LogP) is 3.42. The van der Waals surface area contributed by atoms with Gasteiger partial charge in [-0.25, -0.2) is 4.98 Å². The molecular formula is C19H22N4. The molecule has 1 fully saturated rings. The smallest absolute Gasteiger partial charge is 0.126 e. The minimum atomic E-state index is 0.529. The zero-order valence-electron chi connectivity index (χ0n) is 13.3. The van der Waals surface area contributed by atoms with Crippen LogP contribution < -0.4 is 5.32 Å². The van der Waals surface area contributed by atoms with Gasteiger partial charge < -0.3 is 5.32 Å². The quantitative estimate of drug-likeness (QED) is 0.919. The van der Waals surface area contributed by atoms with E-state index in [1.54, 1.807) is 12.3 Å². The molecule has 4 heteroatoms. The third-order valence-electron chi connectivity index (χ3n) is 4.39. The number of hydrogen-bond acceptors (Lipinski definition) is 4. The number of aromatic nitrogens is 1. The SMILES string of the molecule is N#Cc1ccc(NCC2CCCCN2Cc2ccccc2)nc1. The van der Waals surface area contributed by atoms with Crippen molar-refractivity contribution in [2.75, 3.05) is 18.4 Å². The molecule has 3 rings (SSSR count). The van der Waals surface area contributed by atoms with Gasteiger partial charge in [0, 0.05) is 25.3 Å². The van der Waals surface area contributed by atoms with Crippen LogP contribution in [-0.4, -0.2) is 29.0 Å². The van der Waals surface area contributed by atoms with Gasteiger partial charge in [-0.05, 0) is 37.1 Å². The Kier molecular flexibility index (Phi) is 5.23. The van der Waals surface area contributed by atoms with Crippen LogP contribution in [0.4, 0.5) is 5.82 Å². The van der Waals surface area contributed by atoms with Crippen LogP contribution in [0.3, 0.4) is 0 Å². The number of nitrogens with one attached hydrogen (secondary N) is 1. The van der Waals surface area contributed by atoms with Crippen molar-refractivity contribution in [3.05, 3.63) is 59.8 Å². The molecule has 0 saturated carbocycles. The Morgan fingerprint density at radius 3 is 2.78 bits per heavy atom. The van der Waals surface area contributed by atoms with Gasteiger partial charge in [0.15, 0.2) is 0 Å². The number of nitrogens with zero attached hydrogens (tertiary/aromatic N) is 3. The highest BCUT2D eigenvalue weighted by Gasteiger charge is 2.22. The van der Waals surface area contributed by atoms with Crippen LogP contribution >= 0.6 is 0 Å². The normalized spacial score (nSPS) is 18.3. The largest absolute Gasteiger partial charge is 0.369 e. The van der Waals surface area contributed by atoms with Crippen molar-refractivity contribution >= 4 is 5.82 Å². The molecule has 4 nitrogen and oxygen atoms in total. The molecule has 23 heavy (non-hydrogen) atoms. The van der Waals surface area contributed by atoms with Crippen LogP contribution in [0.5, 0.6) is 0 Å². The monoisotopic (exact) mass is 306 g/mol. The van der Waals surface area contributed by atoms with Gasteiger partial charge in [0.1, 0.15) is 11.9 Å². The molecule has 2 aromatic rings. The third-order valence-corrected chi connectivity index (χ3v) is 4.39. The zero-order valence-corrected chi connectivity index (χ0v) is 13.3. The lowest BCUT2D eigenvalue weighted by molar-refractivity contribution is 0.148. The summed E-state index contributed by atoms with van der Waals surface area (Å²) in [5.41, 5.74) is 1.97. The Hall–Kier alpha value is -2.38. The van der Waals surface area contributed by atoms with E-state index in [9.17, 15) is 0 Å². The Labute approximate surface area is 137 Å². The number of piperidine rings is 1. The minimum Gasteiger partial charge on any atom is -0.369 e. The summed E-state index contributed by atoms with van der Waals surface area (Å²) in [6, 6.07) is 17.0. The average Bonchev–Trinajstić information content (AvgIpc) is 2.62. The summed E-state index contributed by atoms with van der Waals surface area (Å²) in [6.45, 7) is 3.06. The van der Waals surface area contributed by atoms with E-state index >= 15 is 0 Å². The summed E-state index contributed by atoms with van der Waals surface area (Å²) in [5.74, 6) is 0.842. The number of hydrogen-bond donors (Lipinski definition) is 1. The number of likely N-dealkylation sites (tertiary alicyclic amines) is 1.